The van der Waals surface area contributed by atoms with E-state index in [1.165, 1.54) is 31.4 Å². The zero-order chi connectivity index (χ0) is 14.2. The van der Waals surface area contributed by atoms with E-state index in [4.69, 9.17) is 0 Å². The van der Waals surface area contributed by atoms with Crippen molar-refractivity contribution in [2.75, 3.05) is 20.6 Å². The third-order valence-corrected chi connectivity index (χ3v) is 5.01. The summed E-state index contributed by atoms with van der Waals surface area (Å²) in [5.74, 6) is 0.697. The van der Waals surface area contributed by atoms with E-state index < -0.39 is 0 Å². The minimum absolute atomic E-state index is 0.143. The van der Waals surface area contributed by atoms with Gasteiger partial charge in [0, 0.05) is 23.7 Å². The summed E-state index contributed by atoms with van der Waals surface area (Å²) >= 11 is 0. The molecule has 112 valence electrons. The summed E-state index contributed by atoms with van der Waals surface area (Å²) in [6.07, 6.45) is 9.16. The SMILES string of the molecule is CN(C)C[C@@H]1CCCC2=C1NC1(CCCCC1)NC2=O. The molecule has 3 rings (SSSR count). The monoisotopic (exact) mass is 277 g/mol. The van der Waals surface area contributed by atoms with Crippen molar-refractivity contribution >= 4 is 5.91 Å². The van der Waals surface area contributed by atoms with Crippen molar-refractivity contribution in [3.05, 3.63) is 11.3 Å². The van der Waals surface area contributed by atoms with Crippen LogP contribution in [0.25, 0.3) is 0 Å². The average molecular weight is 277 g/mol. The van der Waals surface area contributed by atoms with Gasteiger partial charge >= 0.3 is 0 Å². The topological polar surface area (TPSA) is 44.4 Å². The molecule has 1 amide bonds. The van der Waals surface area contributed by atoms with Crippen molar-refractivity contribution in [2.45, 2.75) is 57.0 Å². The summed E-state index contributed by atoms with van der Waals surface area (Å²) in [5.41, 5.74) is 2.14. The molecule has 0 aromatic heterocycles. The van der Waals surface area contributed by atoms with E-state index in [1.54, 1.807) is 0 Å². The molecule has 0 saturated heterocycles. The highest BCUT2D eigenvalue weighted by Gasteiger charge is 2.42. The zero-order valence-corrected chi connectivity index (χ0v) is 12.8. The van der Waals surface area contributed by atoms with Crippen LogP contribution in [-0.4, -0.2) is 37.1 Å². The van der Waals surface area contributed by atoms with Gasteiger partial charge in [0.05, 0.1) is 0 Å². The number of amides is 1. The van der Waals surface area contributed by atoms with Gasteiger partial charge in [-0.1, -0.05) is 6.42 Å². The van der Waals surface area contributed by atoms with Crippen LogP contribution in [0.2, 0.25) is 0 Å². The van der Waals surface area contributed by atoms with Gasteiger partial charge in [0.1, 0.15) is 5.66 Å². The first kappa shape index (κ1) is 13.9. The lowest BCUT2D eigenvalue weighted by Gasteiger charge is -2.47. The number of hydrogen-bond donors (Lipinski definition) is 2. The van der Waals surface area contributed by atoms with E-state index >= 15 is 0 Å². The first-order valence-corrected chi connectivity index (χ1v) is 8.08. The maximum atomic E-state index is 12.5. The van der Waals surface area contributed by atoms with Gasteiger partial charge in [0.2, 0.25) is 0 Å². The minimum Gasteiger partial charge on any atom is -0.365 e. The third kappa shape index (κ3) is 2.58. The largest absolute Gasteiger partial charge is 0.365 e. The molecule has 0 bridgehead atoms. The fourth-order valence-corrected chi connectivity index (χ4v) is 4.07. The molecule has 20 heavy (non-hydrogen) atoms. The molecule has 0 unspecified atom stereocenters. The fourth-order valence-electron chi connectivity index (χ4n) is 4.07. The highest BCUT2D eigenvalue weighted by Crippen LogP contribution is 2.37. The first-order chi connectivity index (χ1) is 9.60. The molecule has 1 atom stereocenters. The van der Waals surface area contributed by atoms with Gasteiger partial charge in [-0.25, -0.2) is 0 Å². The van der Waals surface area contributed by atoms with E-state index in [0.29, 0.717) is 5.92 Å². The Morgan fingerprint density at radius 1 is 1.15 bits per heavy atom. The number of carbonyl (C=O) groups excluding carboxylic acids is 1. The molecule has 3 aliphatic rings. The molecule has 1 fully saturated rings. The van der Waals surface area contributed by atoms with Crippen molar-refractivity contribution in [1.82, 2.24) is 15.5 Å². The molecule has 1 heterocycles. The Balaban J connectivity index is 1.86. The summed E-state index contributed by atoms with van der Waals surface area (Å²) in [7, 11) is 4.24. The smallest absolute Gasteiger partial charge is 0.250 e. The number of carbonyl (C=O) groups is 1. The Kier molecular flexibility index (Phi) is 3.76. The van der Waals surface area contributed by atoms with Gasteiger partial charge in [-0.3, -0.25) is 4.79 Å². The van der Waals surface area contributed by atoms with Gasteiger partial charge in [-0.2, -0.15) is 0 Å². The summed E-state index contributed by atoms with van der Waals surface area (Å²) in [4.78, 5) is 14.7. The summed E-state index contributed by atoms with van der Waals surface area (Å²) in [6, 6.07) is 0. The lowest BCUT2D eigenvalue weighted by atomic mass is 9.80. The Morgan fingerprint density at radius 3 is 2.60 bits per heavy atom. The van der Waals surface area contributed by atoms with Crippen LogP contribution in [0, 0.1) is 5.92 Å². The van der Waals surface area contributed by atoms with Crippen molar-refractivity contribution in [3.63, 3.8) is 0 Å². The van der Waals surface area contributed by atoms with E-state index in [9.17, 15) is 4.79 Å². The van der Waals surface area contributed by atoms with E-state index in [2.05, 4.69) is 29.6 Å². The zero-order valence-electron chi connectivity index (χ0n) is 12.8. The number of hydrogen-bond acceptors (Lipinski definition) is 3. The van der Waals surface area contributed by atoms with Crippen LogP contribution >= 0.6 is 0 Å². The minimum atomic E-state index is -0.143. The molecule has 0 aromatic rings. The predicted octanol–water partition coefficient (Wildman–Crippen LogP) is 1.98. The standard InChI is InChI=1S/C16H27N3O/c1-19(2)11-12-7-6-8-13-14(12)17-16(18-15(13)20)9-4-3-5-10-16/h12,17H,3-11H2,1-2H3,(H,18,20)/t12-/m0/s1. The molecule has 1 spiro atoms. The summed E-state index contributed by atoms with van der Waals surface area (Å²) in [5, 5.41) is 7.06. The van der Waals surface area contributed by atoms with Gasteiger partial charge in [0.25, 0.3) is 5.91 Å². The molecule has 2 N–H and O–H groups in total. The van der Waals surface area contributed by atoms with Crippen LogP contribution in [-0.2, 0) is 4.79 Å². The average Bonchev–Trinajstić information content (AvgIpc) is 2.40. The highest BCUT2D eigenvalue weighted by atomic mass is 16.2. The third-order valence-electron chi connectivity index (χ3n) is 5.01. The van der Waals surface area contributed by atoms with Crippen LogP contribution < -0.4 is 10.6 Å². The van der Waals surface area contributed by atoms with Crippen LogP contribution in [0.15, 0.2) is 11.3 Å². The van der Waals surface area contributed by atoms with Crippen molar-refractivity contribution in [1.29, 1.82) is 0 Å². The molecule has 0 radical (unpaired) electrons. The maximum Gasteiger partial charge on any atom is 0.250 e. The lowest BCUT2D eigenvalue weighted by molar-refractivity contribution is -0.121. The molecular weight excluding hydrogens is 250 g/mol. The summed E-state index contributed by atoms with van der Waals surface area (Å²) < 4.78 is 0. The maximum absolute atomic E-state index is 12.5. The quantitative estimate of drug-likeness (QED) is 0.811. The number of rotatable bonds is 2. The van der Waals surface area contributed by atoms with E-state index in [1.807, 2.05) is 0 Å². The Labute approximate surface area is 122 Å². The molecule has 1 saturated carbocycles. The Morgan fingerprint density at radius 2 is 1.90 bits per heavy atom. The van der Waals surface area contributed by atoms with E-state index in [-0.39, 0.29) is 11.6 Å². The number of nitrogens with one attached hydrogen (secondary N) is 2. The lowest BCUT2D eigenvalue weighted by Crippen LogP contribution is -2.64. The first-order valence-electron chi connectivity index (χ1n) is 8.08. The molecular formula is C16H27N3O. The molecule has 1 aliphatic heterocycles. The second-order valence-corrected chi connectivity index (χ2v) is 6.97. The van der Waals surface area contributed by atoms with Crippen molar-refractivity contribution < 1.29 is 4.79 Å². The van der Waals surface area contributed by atoms with Crippen molar-refractivity contribution in [3.8, 4) is 0 Å². The second kappa shape index (κ2) is 5.40. The van der Waals surface area contributed by atoms with Gasteiger partial charge < -0.3 is 15.5 Å². The molecule has 4 nitrogen and oxygen atoms in total. The van der Waals surface area contributed by atoms with Crippen LogP contribution in [0.5, 0.6) is 0 Å². The van der Waals surface area contributed by atoms with Crippen LogP contribution in [0.3, 0.4) is 0 Å². The number of nitrogens with zero attached hydrogens (tertiary/aromatic N) is 1. The fraction of sp³-hybridized carbons (Fsp3) is 0.812. The Bertz CT molecular complexity index is 421. The molecule has 4 heteroatoms. The summed E-state index contributed by atoms with van der Waals surface area (Å²) in [6.45, 7) is 1.04. The Hall–Kier alpha value is -1.03. The van der Waals surface area contributed by atoms with Crippen LogP contribution in [0.1, 0.15) is 51.4 Å². The van der Waals surface area contributed by atoms with Gasteiger partial charge in [0.15, 0.2) is 0 Å². The molecule has 2 aliphatic carbocycles. The predicted molar refractivity (Wildman–Crippen MR) is 80.0 cm³/mol. The van der Waals surface area contributed by atoms with Gasteiger partial charge in [-0.15, -0.1) is 0 Å². The van der Waals surface area contributed by atoms with Gasteiger partial charge in [-0.05, 0) is 59.0 Å². The van der Waals surface area contributed by atoms with Crippen molar-refractivity contribution in [2.24, 2.45) is 5.92 Å². The van der Waals surface area contributed by atoms with Crippen LogP contribution in [0.4, 0.5) is 0 Å². The molecule has 0 aromatic carbocycles. The normalized spacial score (nSPS) is 29.1. The highest BCUT2D eigenvalue weighted by molar-refractivity contribution is 5.95. The second-order valence-electron chi connectivity index (χ2n) is 6.97. The van der Waals surface area contributed by atoms with E-state index in [0.717, 1.165) is 37.8 Å².